The monoisotopic (exact) mass is 267 g/mol. The molecule has 1 aromatic carbocycles. The van der Waals surface area contributed by atoms with Crippen LogP contribution in [0, 0.1) is 0 Å². The molecule has 2 N–H and O–H groups in total. The summed E-state index contributed by atoms with van der Waals surface area (Å²) in [6.07, 6.45) is -1.76. The SMILES string of the molecule is COC(=O)C(O)CCNC(=O)OCc1ccccc1. The van der Waals surface area contributed by atoms with E-state index in [4.69, 9.17) is 4.74 Å². The number of nitrogens with one attached hydrogen (secondary N) is 1. The molecule has 0 aliphatic carbocycles. The number of methoxy groups -OCH3 is 1. The van der Waals surface area contributed by atoms with Crippen molar-refractivity contribution in [1.29, 1.82) is 0 Å². The van der Waals surface area contributed by atoms with Gasteiger partial charge in [-0.25, -0.2) is 9.59 Å². The zero-order valence-corrected chi connectivity index (χ0v) is 10.7. The first-order valence-electron chi connectivity index (χ1n) is 5.84. The van der Waals surface area contributed by atoms with Gasteiger partial charge in [0.15, 0.2) is 6.10 Å². The number of aliphatic hydroxyl groups excluding tert-OH is 1. The Labute approximate surface area is 111 Å². The number of amides is 1. The maximum absolute atomic E-state index is 11.3. The molecule has 0 bridgehead atoms. The van der Waals surface area contributed by atoms with Gasteiger partial charge in [0.25, 0.3) is 0 Å². The molecule has 1 amide bonds. The molecule has 1 aromatic rings. The molecule has 0 fully saturated rings. The average Bonchev–Trinajstić information content (AvgIpc) is 2.45. The number of benzene rings is 1. The van der Waals surface area contributed by atoms with Crippen LogP contribution in [0.5, 0.6) is 0 Å². The Bertz CT molecular complexity index is 407. The maximum Gasteiger partial charge on any atom is 0.407 e. The van der Waals surface area contributed by atoms with E-state index in [-0.39, 0.29) is 19.6 Å². The molecule has 0 heterocycles. The molecule has 0 spiro atoms. The number of esters is 1. The number of carbonyl (C=O) groups is 2. The first-order valence-corrected chi connectivity index (χ1v) is 5.84. The molecule has 6 heteroatoms. The van der Waals surface area contributed by atoms with Crippen LogP contribution in [0.1, 0.15) is 12.0 Å². The van der Waals surface area contributed by atoms with E-state index in [1.807, 2.05) is 30.3 Å². The van der Waals surface area contributed by atoms with Gasteiger partial charge in [-0.2, -0.15) is 0 Å². The van der Waals surface area contributed by atoms with Gasteiger partial charge in [0.1, 0.15) is 6.61 Å². The van der Waals surface area contributed by atoms with Crippen molar-refractivity contribution in [2.75, 3.05) is 13.7 Å². The van der Waals surface area contributed by atoms with E-state index in [0.717, 1.165) is 5.56 Å². The number of ether oxygens (including phenoxy) is 2. The van der Waals surface area contributed by atoms with E-state index >= 15 is 0 Å². The quantitative estimate of drug-likeness (QED) is 0.746. The van der Waals surface area contributed by atoms with Gasteiger partial charge in [-0.3, -0.25) is 0 Å². The van der Waals surface area contributed by atoms with Gasteiger partial charge in [0.2, 0.25) is 0 Å². The molecule has 1 rings (SSSR count). The average molecular weight is 267 g/mol. The van der Waals surface area contributed by atoms with Gasteiger partial charge in [0.05, 0.1) is 7.11 Å². The molecule has 0 saturated carbocycles. The lowest BCUT2D eigenvalue weighted by molar-refractivity contribution is -0.150. The molecule has 0 aliphatic rings. The van der Waals surface area contributed by atoms with Crippen LogP contribution in [-0.4, -0.2) is 36.9 Å². The second-order valence-electron chi connectivity index (χ2n) is 3.82. The fraction of sp³-hybridized carbons (Fsp3) is 0.385. The first-order chi connectivity index (χ1) is 9.13. The molecule has 1 unspecified atom stereocenters. The second kappa shape index (κ2) is 8.10. The molecule has 0 aromatic heterocycles. The van der Waals surface area contributed by atoms with Gasteiger partial charge in [-0.1, -0.05) is 30.3 Å². The summed E-state index contributed by atoms with van der Waals surface area (Å²) < 4.78 is 9.29. The minimum Gasteiger partial charge on any atom is -0.467 e. The van der Waals surface area contributed by atoms with Gasteiger partial charge < -0.3 is 19.9 Å². The van der Waals surface area contributed by atoms with Crippen molar-refractivity contribution in [2.45, 2.75) is 19.1 Å². The van der Waals surface area contributed by atoms with E-state index < -0.39 is 18.2 Å². The first kappa shape index (κ1) is 15.0. The molecule has 1 atom stereocenters. The highest BCUT2D eigenvalue weighted by Gasteiger charge is 2.15. The fourth-order valence-electron chi connectivity index (χ4n) is 1.34. The molecule has 0 saturated heterocycles. The summed E-state index contributed by atoms with van der Waals surface area (Å²) in [6, 6.07) is 9.26. The van der Waals surface area contributed by atoms with E-state index in [9.17, 15) is 14.7 Å². The fourth-order valence-corrected chi connectivity index (χ4v) is 1.34. The Morgan fingerprint density at radius 1 is 1.32 bits per heavy atom. The van der Waals surface area contributed by atoms with Crippen LogP contribution in [0.3, 0.4) is 0 Å². The van der Waals surface area contributed by atoms with Crippen molar-refractivity contribution in [3.8, 4) is 0 Å². The predicted octanol–water partition coefficient (Wildman–Crippen LogP) is 0.837. The zero-order chi connectivity index (χ0) is 14.1. The Kier molecular flexibility index (Phi) is 6.38. The maximum atomic E-state index is 11.3. The smallest absolute Gasteiger partial charge is 0.407 e. The lowest BCUT2D eigenvalue weighted by Crippen LogP contribution is -2.31. The molecular formula is C13H17NO5. The van der Waals surface area contributed by atoms with Crippen LogP contribution in [0.25, 0.3) is 0 Å². The van der Waals surface area contributed by atoms with Crippen LogP contribution in [-0.2, 0) is 20.9 Å². The van der Waals surface area contributed by atoms with Gasteiger partial charge in [-0.15, -0.1) is 0 Å². The minimum atomic E-state index is -1.24. The molecule has 104 valence electrons. The summed E-state index contributed by atoms with van der Waals surface area (Å²) in [5.41, 5.74) is 0.882. The Hall–Kier alpha value is -2.08. The number of carbonyl (C=O) groups excluding carboxylic acids is 2. The van der Waals surface area contributed by atoms with Crippen LogP contribution >= 0.6 is 0 Å². The number of hydrogen-bond acceptors (Lipinski definition) is 5. The predicted molar refractivity (Wildman–Crippen MR) is 67.3 cm³/mol. The molecular weight excluding hydrogens is 250 g/mol. The third kappa shape index (κ3) is 5.87. The number of alkyl carbamates (subject to hydrolysis) is 1. The van der Waals surface area contributed by atoms with Crippen molar-refractivity contribution in [2.24, 2.45) is 0 Å². The largest absolute Gasteiger partial charge is 0.467 e. The summed E-state index contributed by atoms with van der Waals surface area (Å²) in [5, 5.41) is 11.7. The Morgan fingerprint density at radius 2 is 2.00 bits per heavy atom. The topological polar surface area (TPSA) is 84.9 Å². The van der Waals surface area contributed by atoms with Crippen molar-refractivity contribution >= 4 is 12.1 Å². The summed E-state index contributed by atoms with van der Waals surface area (Å²) >= 11 is 0. The van der Waals surface area contributed by atoms with E-state index in [1.165, 1.54) is 7.11 Å². The summed E-state index contributed by atoms with van der Waals surface area (Å²) in [4.78, 5) is 22.2. The zero-order valence-electron chi connectivity index (χ0n) is 10.7. The standard InChI is InChI=1S/C13H17NO5/c1-18-12(16)11(15)7-8-14-13(17)19-9-10-5-3-2-4-6-10/h2-6,11,15H,7-9H2,1H3,(H,14,17). The normalized spacial score (nSPS) is 11.5. The molecule has 0 radical (unpaired) electrons. The highest BCUT2D eigenvalue weighted by Crippen LogP contribution is 2.00. The lowest BCUT2D eigenvalue weighted by Gasteiger charge is -2.09. The van der Waals surface area contributed by atoms with Gasteiger partial charge >= 0.3 is 12.1 Å². The van der Waals surface area contributed by atoms with Crippen molar-refractivity contribution in [3.63, 3.8) is 0 Å². The highest BCUT2D eigenvalue weighted by atomic mass is 16.5. The van der Waals surface area contributed by atoms with E-state index in [0.29, 0.717) is 0 Å². The van der Waals surface area contributed by atoms with Gasteiger partial charge in [-0.05, 0) is 5.56 Å². The number of rotatable bonds is 6. The van der Waals surface area contributed by atoms with Crippen molar-refractivity contribution in [1.82, 2.24) is 5.32 Å². The van der Waals surface area contributed by atoms with Crippen LogP contribution in [0.4, 0.5) is 4.79 Å². The Morgan fingerprint density at radius 3 is 2.63 bits per heavy atom. The van der Waals surface area contributed by atoms with Crippen LogP contribution < -0.4 is 5.32 Å². The second-order valence-corrected chi connectivity index (χ2v) is 3.82. The summed E-state index contributed by atoms with van der Waals surface area (Å²) in [5.74, 6) is -0.723. The van der Waals surface area contributed by atoms with Crippen LogP contribution in [0.2, 0.25) is 0 Å². The van der Waals surface area contributed by atoms with Gasteiger partial charge in [0, 0.05) is 13.0 Å². The third-order valence-corrected chi connectivity index (χ3v) is 2.37. The van der Waals surface area contributed by atoms with Crippen molar-refractivity contribution in [3.05, 3.63) is 35.9 Å². The molecule has 19 heavy (non-hydrogen) atoms. The van der Waals surface area contributed by atoms with Crippen molar-refractivity contribution < 1.29 is 24.2 Å². The molecule has 6 nitrogen and oxygen atoms in total. The Balaban J connectivity index is 2.16. The number of aliphatic hydroxyl groups is 1. The van der Waals surface area contributed by atoms with E-state index in [1.54, 1.807) is 0 Å². The summed E-state index contributed by atoms with van der Waals surface area (Å²) in [6.45, 7) is 0.302. The third-order valence-electron chi connectivity index (χ3n) is 2.37. The summed E-state index contributed by atoms with van der Waals surface area (Å²) in [7, 11) is 1.19. The lowest BCUT2D eigenvalue weighted by atomic mass is 10.2. The minimum absolute atomic E-state index is 0.0765. The highest BCUT2D eigenvalue weighted by molar-refractivity contribution is 5.74. The van der Waals surface area contributed by atoms with Crippen LogP contribution in [0.15, 0.2) is 30.3 Å². The number of hydrogen-bond donors (Lipinski definition) is 2. The molecule has 0 aliphatic heterocycles. The van der Waals surface area contributed by atoms with E-state index in [2.05, 4.69) is 10.1 Å².